The van der Waals surface area contributed by atoms with Gasteiger partial charge in [-0.2, -0.15) is 0 Å². The van der Waals surface area contributed by atoms with Crippen molar-refractivity contribution in [3.63, 3.8) is 0 Å². The molecule has 0 aliphatic rings. The van der Waals surface area contributed by atoms with Gasteiger partial charge in [0.2, 0.25) is 0 Å². The molecule has 1 rings (SSSR count). The van der Waals surface area contributed by atoms with Crippen molar-refractivity contribution in [1.29, 1.82) is 0 Å². The van der Waals surface area contributed by atoms with Gasteiger partial charge in [0.15, 0.2) is 0 Å². The van der Waals surface area contributed by atoms with Crippen molar-refractivity contribution in [3.05, 3.63) is 29.8 Å². The molecule has 0 fully saturated rings. The highest BCUT2D eigenvalue weighted by molar-refractivity contribution is 5.31. The molecule has 0 aromatic heterocycles. The Kier molecular flexibility index (Phi) is 11.0. The molecule has 0 saturated carbocycles. The van der Waals surface area contributed by atoms with E-state index in [1.165, 1.54) is 0 Å². The van der Waals surface area contributed by atoms with Gasteiger partial charge >= 0.3 is 0 Å². The van der Waals surface area contributed by atoms with Gasteiger partial charge in [-0.05, 0) is 34.3 Å². The van der Waals surface area contributed by atoms with Gasteiger partial charge in [0, 0.05) is 18.7 Å². The van der Waals surface area contributed by atoms with Crippen molar-refractivity contribution in [2.24, 2.45) is 0 Å². The van der Waals surface area contributed by atoms with Gasteiger partial charge < -0.3 is 24.7 Å². The molecule has 0 aliphatic heterocycles. The number of ether oxygens (including phenoxy) is 1. The lowest BCUT2D eigenvalue weighted by Crippen LogP contribution is -2.18. The van der Waals surface area contributed by atoms with Crippen LogP contribution in [0.3, 0.4) is 0 Å². The quantitative estimate of drug-likeness (QED) is 0.732. The molecule has 5 nitrogen and oxygen atoms in total. The first-order valence-electron chi connectivity index (χ1n) is 6.72. The number of aromatic hydroxyl groups is 1. The molecule has 20 heavy (non-hydrogen) atoms. The van der Waals surface area contributed by atoms with Crippen molar-refractivity contribution in [2.45, 2.75) is 6.54 Å². The van der Waals surface area contributed by atoms with Crippen LogP contribution in [0, 0.1) is 0 Å². The van der Waals surface area contributed by atoms with E-state index in [9.17, 15) is 5.11 Å². The van der Waals surface area contributed by atoms with E-state index >= 15 is 0 Å². The third-order valence-corrected chi connectivity index (χ3v) is 2.40. The lowest BCUT2D eigenvalue weighted by molar-refractivity contribution is 0.0821. The van der Waals surface area contributed by atoms with Gasteiger partial charge in [-0.1, -0.05) is 18.2 Å². The summed E-state index contributed by atoms with van der Waals surface area (Å²) in [5, 5.41) is 17.6. The maximum absolute atomic E-state index is 9.33. The van der Waals surface area contributed by atoms with Crippen molar-refractivity contribution in [1.82, 2.24) is 9.80 Å². The van der Waals surface area contributed by atoms with Crippen LogP contribution in [0.1, 0.15) is 5.56 Å². The van der Waals surface area contributed by atoms with Crippen LogP contribution in [-0.2, 0) is 11.3 Å². The molecular formula is C15H28N2O3. The van der Waals surface area contributed by atoms with Gasteiger partial charge in [-0.25, -0.2) is 0 Å². The van der Waals surface area contributed by atoms with Crippen LogP contribution < -0.4 is 0 Å². The molecule has 0 unspecified atom stereocenters. The van der Waals surface area contributed by atoms with E-state index in [2.05, 4.69) is 0 Å². The summed E-state index contributed by atoms with van der Waals surface area (Å²) >= 11 is 0. The molecule has 1 aromatic rings. The number of benzene rings is 1. The van der Waals surface area contributed by atoms with Gasteiger partial charge in [0.25, 0.3) is 0 Å². The Morgan fingerprint density at radius 1 is 1.00 bits per heavy atom. The number of hydrogen-bond acceptors (Lipinski definition) is 5. The van der Waals surface area contributed by atoms with Crippen LogP contribution in [0.25, 0.3) is 0 Å². The number of aliphatic hydroxyl groups excluding tert-OH is 1. The minimum absolute atomic E-state index is 0.118. The van der Waals surface area contributed by atoms with E-state index in [1.807, 2.05) is 56.2 Å². The fraction of sp³-hybridized carbons (Fsp3) is 0.600. The number of para-hydroxylation sites is 1. The fourth-order valence-corrected chi connectivity index (χ4v) is 1.40. The Labute approximate surface area is 122 Å². The summed E-state index contributed by atoms with van der Waals surface area (Å²) in [6.45, 7) is 2.97. The first-order valence-corrected chi connectivity index (χ1v) is 6.72. The number of hydrogen-bond donors (Lipinski definition) is 2. The molecule has 5 heteroatoms. The van der Waals surface area contributed by atoms with Crippen LogP contribution in [-0.4, -0.2) is 74.6 Å². The molecule has 116 valence electrons. The van der Waals surface area contributed by atoms with Crippen LogP contribution in [0.4, 0.5) is 0 Å². The van der Waals surface area contributed by atoms with Gasteiger partial charge in [-0.3, -0.25) is 0 Å². The number of rotatable bonds is 7. The Morgan fingerprint density at radius 3 is 2.15 bits per heavy atom. The highest BCUT2D eigenvalue weighted by atomic mass is 16.5. The van der Waals surface area contributed by atoms with Crippen molar-refractivity contribution >= 4 is 0 Å². The Bertz CT molecular complexity index is 344. The summed E-state index contributed by atoms with van der Waals surface area (Å²) < 4.78 is 5.00. The Hall–Kier alpha value is -1.14. The van der Waals surface area contributed by atoms with Crippen LogP contribution in [0.2, 0.25) is 0 Å². The smallest absolute Gasteiger partial charge is 0.120 e. The van der Waals surface area contributed by atoms with E-state index in [0.717, 1.165) is 18.7 Å². The normalized spacial score (nSPS) is 10.6. The second-order valence-electron chi connectivity index (χ2n) is 5.01. The summed E-state index contributed by atoms with van der Waals surface area (Å²) in [5.74, 6) is 0.376. The van der Waals surface area contributed by atoms with E-state index in [4.69, 9.17) is 9.84 Å². The topological polar surface area (TPSA) is 56.2 Å². The summed E-state index contributed by atoms with van der Waals surface area (Å²) in [6, 6.07) is 7.39. The van der Waals surface area contributed by atoms with E-state index < -0.39 is 0 Å². The summed E-state index contributed by atoms with van der Waals surface area (Å²) in [7, 11) is 7.93. The highest BCUT2D eigenvalue weighted by Crippen LogP contribution is 2.16. The van der Waals surface area contributed by atoms with Crippen molar-refractivity contribution < 1.29 is 14.9 Å². The third-order valence-electron chi connectivity index (χ3n) is 2.40. The summed E-state index contributed by atoms with van der Waals surface area (Å²) in [4.78, 5) is 4.06. The molecule has 0 atom stereocenters. The number of nitrogens with zero attached hydrogens (tertiary/aromatic N) is 2. The molecule has 0 amide bonds. The number of likely N-dealkylation sites (N-methyl/N-ethyl adjacent to an activating group) is 1. The van der Waals surface area contributed by atoms with E-state index in [1.54, 1.807) is 6.07 Å². The second-order valence-corrected chi connectivity index (χ2v) is 5.01. The van der Waals surface area contributed by atoms with E-state index in [-0.39, 0.29) is 6.61 Å². The minimum atomic E-state index is 0.118. The Balaban J connectivity index is 0.000000370. The molecule has 1 aromatic carbocycles. The summed E-state index contributed by atoms with van der Waals surface area (Å²) in [5.41, 5.74) is 0.970. The minimum Gasteiger partial charge on any atom is -0.508 e. The van der Waals surface area contributed by atoms with Crippen molar-refractivity contribution in [2.75, 3.05) is 54.6 Å². The average Bonchev–Trinajstić information content (AvgIpc) is 2.38. The SMILES string of the molecule is CN(C)CCOCCO.CN(C)Cc1ccccc1O. The number of phenolic OH excluding ortho intramolecular Hbond substituents is 1. The van der Waals surface area contributed by atoms with Crippen LogP contribution in [0.15, 0.2) is 24.3 Å². The molecule has 2 N–H and O–H groups in total. The summed E-state index contributed by atoms with van der Waals surface area (Å²) in [6.07, 6.45) is 0. The first kappa shape index (κ1) is 18.9. The van der Waals surface area contributed by atoms with Gasteiger partial charge in [0.1, 0.15) is 5.75 Å². The van der Waals surface area contributed by atoms with Crippen LogP contribution >= 0.6 is 0 Å². The molecule has 0 saturated heterocycles. The third kappa shape index (κ3) is 10.8. The van der Waals surface area contributed by atoms with Crippen molar-refractivity contribution in [3.8, 4) is 5.75 Å². The molecule has 0 spiro atoms. The average molecular weight is 284 g/mol. The van der Waals surface area contributed by atoms with Gasteiger partial charge in [-0.15, -0.1) is 0 Å². The number of phenols is 1. The Morgan fingerprint density at radius 2 is 1.65 bits per heavy atom. The molecule has 0 aliphatic carbocycles. The van der Waals surface area contributed by atoms with Gasteiger partial charge in [0.05, 0.1) is 19.8 Å². The molecule has 0 radical (unpaired) electrons. The maximum atomic E-state index is 9.33. The lowest BCUT2D eigenvalue weighted by Gasteiger charge is -2.10. The largest absolute Gasteiger partial charge is 0.508 e. The zero-order valence-corrected chi connectivity index (χ0v) is 13.0. The predicted molar refractivity (Wildman–Crippen MR) is 82.0 cm³/mol. The lowest BCUT2D eigenvalue weighted by atomic mass is 10.2. The zero-order valence-electron chi connectivity index (χ0n) is 13.0. The fourth-order valence-electron chi connectivity index (χ4n) is 1.40. The standard InChI is InChI=1S/C9H13NO.C6H15NO2/c1-10(2)7-8-5-3-4-6-9(8)11;1-7(2)3-5-9-6-4-8/h3-6,11H,7H2,1-2H3;8H,3-6H2,1-2H3. The van der Waals surface area contributed by atoms with Crippen LogP contribution in [0.5, 0.6) is 5.75 Å². The first-order chi connectivity index (χ1) is 9.47. The zero-order chi connectivity index (χ0) is 15.4. The molecule has 0 heterocycles. The maximum Gasteiger partial charge on any atom is 0.120 e. The molecular weight excluding hydrogens is 256 g/mol. The highest BCUT2D eigenvalue weighted by Gasteiger charge is 1.99. The van der Waals surface area contributed by atoms with E-state index in [0.29, 0.717) is 19.0 Å². The molecule has 0 bridgehead atoms. The predicted octanol–water partition coefficient (Wildman–Crippen LogP) is 1.01. The number of aliphatic hydroxyl groups is 1. The monoisotopic (exact) mass is 284 g/mol. The second kappa shape index (κ2) is 11.7.